The van der Waals surface area contributed by atoms with Crippen molar-refractivity contribution in [3.05, 3.63) is 0 Å². The zero-order chi connectivity index (χ0) is 7.82. The fraction of sp³-hybridized carbons (Fsp3) is 0.667. The van der Waals surface area contributed by atoms with Gasteiger partial charge in [0.2, 0.25) is 5.91 Å². The third-order valence-electron chi connectivity index (χ3n) is 0.883. The van der Waals surface area contributed by atoms with Crippen LogP contribution in [0.3, 0.4) is 0 Å². The smallest absolute Gasteiger partial charge is 0.249 e. The molecular formula is C6H12N2O2. The van der Waals surface area contributed by atoms with Crippen LogP contribution in [0.1, 0.15) is 13.3 Å². The van der Waals surface area contributed by atoms with E-state index in [0.29, 0.717) is 19.6 Å². The standard InChI is InChI=1S/C6H12N2O2/c1-2-10-4-3-6(9)8-5-7/h5H,2-4H2,1H3,(H2,7,8,9). The Morgan fingerprint density at radius 1 is 1.80 bits per heavy atom. The second kappa shape index (κ2) is 6.22. The van der Waals surface area contributed by atoms with Crippen LogP contribution >= 0.6 is 0 Å². The molecule has 0 aromatic rings. The first-order chi connectivity index (χ1) is 4.81. The molecule has 0 aliphatic heterocycles. The third kappa shape index (κ3) is 5.24. The van der Waals surface area contributed by atoms with Gasteiger partial charge in [-0.25, -0.2) is 4.99 Å². The number of nitrogens with two attached hydrogens (primary N) is 1. The van der Waals surface area contributed by atoms with Gasteiger partial charge in [0.05, 0.1) is 19.4 Å². The van der Waals surface area contributed by atoms with Crippen LogP contribution in [0, 0.1) is 0 Å². The third-order valence-corrected chi connectivity index (χ3v) is 0.883. The predicted molar refractivity (Wildman–Crippen MR) is 38.8 cm³/mol. The molecule has 0 aromatic heterocycles. The van der Waals surface area contributed by atoms with Crippen molar-refractivity contribution in [1.82, 2.24) is 0 Å². The van der Waals surface area contributed by atoms with Gasteiger partial charge in [0, 0.05) is 6.61 Å². The number of rotatable bonds is 4. The average Bonchev–Trinajstić information content (AvgIpc) is 1.89. The molecule has 4 heteroatoms. The molecular weight excluding hydrogens is 132 g/mol. The molecule has 0 saturated carbocycles. The van der Waals surface area contributed by atoms with Gasteiger partial charge >= 0.3 is 0 Å². The topological polar surface area (TPSA) is 64.7 Å². The van der Waals surface area contributed by atoms with Gasteiger partial charge in [-0.2, -0.15) is 0 Å². The Bertz CT molecular complexity index is 123. The lowest BCUT2D eigenvalue weighted by Gasteiger charge is -1.95. The maximum Gasteiger partial charge on any atom is 0.249 e. The molecule has 4 nitrogen and oxygen atoms in total. The minimum absolute atomic E-state index is 0.240. The molecule has 0 unspecified atom stereocenters. The van der Waals surface area contributed by atoms with E-state index >= 15 is 0 Å². The van der Waals surface area contributed by atoms with E-state index in [1.54, 1.807) is 0 Å². The van der Waals surface area contributed by atoms with E-state index in [1.807, 2.05) is 6.92 Å². The summed E-state index contributed by atoms with van der Waals surface area (Å²) in [5, 5.41) is 0. The number of hydrogen-bond acceptors (Lipinski definition) is 2. The van der Waals surface area contributed by atoms with E-state index in [0.717, 1.165) is 6.34 Å². The summed E-state index contributed by atoms with van der Waals surface area (Å²) < 4.78 is 4.91. The van der Waals surface area contributed by atoms with E-state index in [4.69, 9.17) is 10.5 Å². The summed E-state index contributed by atoms with van der Waals surface area (Å²) in [4.78, 5) is 13.9. The number of nitrogens with zero attached hydrogens (tertiary/aromatic N) is 1. The Morgan fingerprint density at radius 2 is 2.50 bits per heavy atom. The summed E-state index contributed by atoms with van der Waals surface area (Å²) in [7, 11) is 0. The van der Waals surface area contributed by atoms with E-state index in [2.05, 4.69) is 4.99 Å². The molecule has 0 rings (SSSR count). The Kier molecular flexibility index (Phi) is 5.66. The Hall–Kier alpha value is -0.900. The summed E-state index contributed by atoms with van der Waals surface area (Å²) in [6.45, 7) is 2.92. The molecule has 0 saturated heterocycles. The highest BCUT2D eigenvalue weighted by molar-refractivity contribution is 5.83. The number of amides is 1. The van der Waals surface area contributed by atoms with E-state index in [1.165, 1.54) is 0 Å². The maximum atomic E-state index is 10.6. The van der Waals surface area contributed by atoms with Crippen molar-refractivity contribution in [2.75, 3.05) is 13.2 Å². The molecule has 0 spiro atoms. The van der Waals surface area contributed by atoms with E-state index in [9.17, 15) is 4.79 Å². The highest BCUT2D eigenvalue weighted by atomic mass is 16.5. The van der Waals surface area contributed by atoms with Crippen molar-refractivity contribution in [3.63, 3.8) is 0 Å². The van der Waals surface area contributed by atoms with Gasteiger partial charge in [0.1, 0.15) is 0 Å². The molecule has 0 atom stereocenters. The van der Waals surface area contributed by atoms with Crippen LogP contribution < -0.4 is 5.73 Å². The monoisotopic (exact) mass is 144 g/mol. The molecule has 0 aromatic carbocycles. The van der Waals surface area contributed by atoms with Crippen LogP contribution in [0.4, 0.5) is 0 Å². The largest absolute Gasteiger partial charge is 0.390 e. The summed E-state index contributed by atoms with van der Waals surface area (Å²) in [5.74, 6) is -0.240. The normalized spacial score (nSPS) is 10.5. The summed E-state index contributed by atoms with van der Waals surface area (Å²) >= 11 is 0. The van der Waals surface area contributed by atoms with E-state index < -0.39 is 0 Å². The molecule has 0 heterocycles. The molecule has 0 radical (unpaired) electrons. The summed E-state index contributed by atoms with van der Waals surface area (Å²) in [6.07, 6.45) is 1.30. The highest BCUT2D eigenvalue weighted by Crippen LogP contribution is 1.84. The summed E-state index contributed by atoms with van der Waals surface area (Å²) in [6, 6.07) is 0. The van der Waals surface area contributed by atoms with Crippen molar-refractivity contribution in [3.8, 4) is 0 Å². The average molecular weight is 144 g/mol. The zero-order valence-corrected chi connectivity index (χ0v) is 6.04. The fourth-order valence-corrected chi connectivity index (χ4v) is 0.451. The van der Waals surface area contributed by atoms with Crippen LogP contribution in [-0.2, 0) is 9.53 Å². The van der Waals surface area contributed by atoms with Gasteiger partial charge in [-0.3, -0.25) is 4.79 Å². The quantitative estimate of drug-likeness (QED) is 0.341. The molecule has 0 bridgehead atoms. The fourth-order valence-electron chi connectivity index (χ4n) is 0.451. The lowest BCUT2D eigenvalue weighted by Crippen LogP contribution is -2.03. The zero-order valence-electron chi connectivity index (χ0n) is 6.04. The van der Waals surface area contributed by atoms with Crippen LogP contribution in [-0.4, -0.2) is 25.5 Å². The molecule has 10 heavy (non-hydrogen) atoms. The van der Waals surface area contributed by atoms with Gasteiger partial charge in [-0.15, -0.1) is 0 Å². The first kappa shape index (κ1) is 9.10. The van der Waals surface area contributed by atoms with Crippen LogP contribution in [0.25, 0.3) is 0 Å². The predicted octanol–water partition coefficient (Wildman–Crippen LogP) is -0.0734. The van der Waals surface area contributed by atoms with Gasteiger partial charge in [-0.05, 0) is 6.92 Å². The highest BCUT2D eigenvalue weighted by Gasteiger charge is 1.95. The molecule has 0 aliphatic rings. The first-order valence-electron chi connectivity index (χ1n) is 3.16. The SMILES string of the molecule is CCOCCC(=O)N=CN. The Balaban J connectivity index is 3.22. The first-order valence-corrected chi connectivity index (χ1v) is 3.16. The second-order valence-corrected chi connectivity index (χ2v) is 1.62. The lowest BCUT2D eigenvalue weighted by molar-refractivity contribution is -0.118. The maximum absolute atomic E-state index is 10.6. The number of aliphatic imine (C=N–C) groups is 1. The molecule has 0 fully saturated rings. The van der Waals surface area contributed by atoms with Crippen molar-refractivity contribution >= 4 is 12.2 Å². The van der Waals surface area contributed by atoms with Crippen LogP contribution in [0.5, 0.6) is 0 Å². The molecule has 58 valence electrons. The van der Waals surface area contributed by atoms with Crippen molar-refractivity contribution in [2.45, 2.75) is 13.3 Å². The van der Waals surface area contributed by atoms with Gasteiger partial charge in [0.15, 0.2) is 0 Å². The number of hydrogen-bond donors (Lipinski definition) is 1. The van der Waals surface area contributed by atoms with Gasteiger partial charge in [0.25, 0.3) is 0 Å². The van der Waals surface area contributed by atoms with Crippen LogP contribution in [0.2, 0.25) is 0 Å². The van der Waals surface area contributed by atoms with Crippen molar-refractivity contribution in [2.24, 2.45) is 10.7 Å². The molecule has 1 amide bonds. The van der Waals surface area contributed by atoms with Crippen molar-refractivity contribution < 1.29 is 9.53 Å². The van der Waals surface area contributed by atoms with Crippen LogP contribution in [0.15, 0.2) is 4.99 Å². The minimum Gasteiger partial charge on any atom is -0.390 e. The summed E-state index contributed by atoms with van der Waals surface area (Å²) in [5.41, 5.74) is 4.88. The Labute approximate surface area is 60.1 Å². The van der Waals surface area contributed by atoms with Gasteiger partial charge < -0.3 is 10.5 Å². The van der Waals surface area contributed by atoms with E-state index in [-0.39, 0.29) is 5.91 Å². The lowest BCUT2D eigenvalue weighted by atomic mass is 10.4. The molecule has 0 aliphatic carbocycles. The number of carbonyl (C=O) groups excluding carboxylic acids is 1. The van der Waals surface area contributed by atoms with Crippen molar-refractivity contribution in [1.29, 1.82) is 0 Å². The second-order valence-electron chi connectivity index (χ2n) is 1.62. The number of carbonyl (C=O) groups is 1. The number of ether oxygens (including phenoxy) is 1. The molecule has 2 N–H and O–H groups in total. The minimum atomic E-state index is -0.240. The van der Waals surface area contributed by atoms with Gasteiger partial charge in [-0.1, -0.05) is 0 Å². The Morgan fingerprint density at radius 3 is 3.00 bits per heavy atom.